The zero-order valence-electron chi connectivity index (χ0n) is 21.3. The van der Waals surface area contributed by atoms with E-state index >= 15 is 0 Å². The van der Waals surface area contributed by atoms with Crippen molar-refractivity contribution < 1.29 is 57.7 Å². The summed E-state index contributed by atoms with van der Waals surface area (Å²) in [5, 5.41) is 17.5. The van der Waals surface area contributed by atoms with Crippen LogP contribution in [0.25, 0.3) is 0 Å². The molecule has 10 atom stereocenters. The van der Waals surface area contributed by atoms with Gasteiger partial charge in [-0.3, -0.25) is 9.59 Å². The highest BCUT2D eigenvalue weighted by Gasteiger charge is 2.57. The van der Waals surface area contributed by atoms with Crippen molar-refractivity contribution in [2.24, 2.45) is 11.5 Å². The number of carboxylic acid groups (broad SMARTS) is 2. The van der Waals surface area contributed by atoms with Crippen LogP contribution in [0.4, 0.5) is 0 Å². The zero-order valence-corrected chi connectivity index (χ0v) is 21.3. The van der Waals surface area contributed by atoms with E-state index in [0.29, 0.717) is 0 Å². The first-order valence-corrected chi connectivity index (χ1v) is 11.7. The second-order valence-electron chi connectivity index (χ2n) is 10.1. The molecule has 14 nitrogen and oxygen atoms in total. The maximum Gasteiger partial charge on any atom is 0.305 e. The fourth-order valence-electron chi connectivity index (χ4n) is 4.87. The van der Waals surface area contributed by atoms with Crippen LogP contribution >= 0.6 is 0 Å². The lowest BCUT2D eigenvalue weighted by Crippen LogP contribution is -2.46. The van der Waals surface area contributed by atoms with Crippen molar-refractivity contribution >= 4 is 11.9 Å². The molecule has 0 saturated carbocycles. The molecule has 0 radical (unpaired) electrons. The summed E-state index contributed by atoms with van der Waals surface area (Å²) in [7, 11) is 3.04. The smallest absolute Gasteiger partial charge is 0.305 e. The number of ether oxygens (including phenoxy) is 8. The summed E-state index contributed by atoms with van der Waals surface area (Å²) in [6.07, 6.45) is -4.19. The molecule has 0 amide bonds. The average Bonchev–Trinajstić information content (AvgIpc) is 3.41. The summed E-state index contributed by atoms with van der Waals surface area (Å²) in [5.41, 5.74) is 11.6. The van der Waals surface area contributed by atoms with Crippen LogP contribution in [0.1, 0.15) is 40.5 Å². The first-order chi connectivity index (χ1) is 16.7. The van der Waals surface area contributed by atoms with E-state index in [0.717, 1.165) is 0 Å². The predicted molar refractivity (Wildman–Crippen MR) is 119 cm³/mol. The van der Waals surface area contributed by atoms with Crippen LogP contribution in [-0.4, -0.2) is 109 Å². The van der Waals surface area contributed by atoms with Crippen molar-refractivity contribution in [2.45, 2.75) is 113 Å². The minimum absolute atomic E-state index is 0.187. The Bertz CT molecular complexity index is 731. The topological polar surface area (TPSA) is 200 Å². The van der Waals surface area contributed by atoms with E-state index in [-0.39, 0.29) is 25.0 Å². The lowest BCUT2D eigenvalue weighted by Gasteiger charge is -2.27. The largest absolute Gasteiger partial charge is 0.481 e. The zero-order chi connectivity index (χ0) is 27.0. The molecule has 0 spiro atoms. The molecule has 0 aromatic rings. The third-order valence-corrected chi connectivity index (χ3v) is 6.26. The summed E-state index contributed by atoms with van der Waals surface area (Å²) in [5.74, 6) is -3.40. The molecule has 4 saturated heterocycles. The Labute approximate surface area is 209 Å². The van der Waals surface area contributed by atoms with Crippen LogP contribution in [0.2, 0.25) is 0 Å². The fourth-order valence-corrected chi connectivity index (χ4v) is 4.87. The molecule has 0 aliphatic carbocycles. The van der Waals surface area contributed by atoms with E-state index in [1.165, 1.54) is 14.2 Å². The highest BCUT2D eigenvalue weighted by Crippen LogP contribution is 2.40. The minimum atomic E-state index is -0.972. The fraction of sp³-hybridized carbons (Fsp3) is 0.909. The van der Waals surface area contributed by atoms with Gasteiger partial charge in [0.1, 0.15) is 36.6 Å². The van der Waals surface area contributed by atoms with Gasteiger partial charge in [0.15, 0.2) is 24.2 Å². The molecule has 4 aliphatic rings. The first-order valence-electron chi connectivity index (χ1n) is 11.7. The van der Waals surface area contributed by atoms with Crippen LogP contribution in [0, 0.1) is 0 Å². The lowest BCUT2D eigenvalue weighted by atomic mass is 10.0. The van der Waals surface area contributed by atoms with Crippen molar-refractivity contribution in [3.05, 3.63) is 0 Å². The molecular weight excluding hydrogens is 484 g/mol. The molecule has 0 aromatic carbocycles. The van der Waals surface area contributed by atoms with E-state index in [1.807, 2.05) is 0 Å². The highest BCUT2D eigenvalue weighted by molar-refractivity contribution is 5.68. The Morgan fingerprint density at radius 1 is 0.750 bits per heavy atom. The van der Waals surface area contributed by atoms with Gasteiger partial charge in [0.25, 0.3) is 0 Å². The molecule has 4 heterocycles. The van der Waals surface area contributed by atoms with Gasteiger partial charge < -0.3 is 59.6 Å². The van der Waals surface area contributed by atoms with Gasteiger partial charge in [0.05, 0.1) is 12.8 Å². The van der Waals surface area contributed by atoms with E-state index < -0.39 is 72.6 Å². The van der Waals surface area contributed by atoms with Crippen molar-refractivity contribution in [3.63, 3.8) is 0 Å². The van der Waals surface area contributed by atoms with Gasteiger partial charge in [-0.05, 0) is 27.7 Å². The molecule has 14 heteroatoms. The van der Waals surface area contributed by atoms with E-state index in [1.54, 1.807) is 27.7 Å². The lowest BCUT2D eigenvalue weighted by molar-refractivity contribution is -0.219. The Hall–Kier alpha value is -1.46. The molecule has 36 heavy (non-hydrogen) atoms. The maximum absolute atomic E-state index is 10.7. The van der Waals surface area contributed by atoms with E-state index in [2.05, 4.69) is 0 Å². The monoisotopic (exact) mass is 522 g/mol. The molecule has 0 aromatic heterocycles. The summed E-state index contributed by atoms with van der Waals surface area (Å²) in [4.78, 5) is 21.3. The number of aliphatic carboxylic acids is 2. The Kier molecular flexibility index (Phi) is 8.98. The molecule has 6 N–H and O–H groups in total. The normalized spacial score (nSPS) is 39.6. The van der Waals surface area contributed by atoms with E-state index in [4.69, 9.17) is 59.6 Å². The summed E-state index contributed by atoms with van der Waals surface area (Å²) >= 11 is 0. The van der Waals surface area contributed by atoms with Gasteiger partial charge in [-0.25, -0.2) is 0 Å². The second-order valence-corrected chi connectivity index (χ2v) is 10.1. The third kappa shape index (κ3) is 6.51. The molecule has 208 valence electrons. The Morgan fingerprint density at radius 3 is 1.36 bits per heavy atom. The number of carboxylic acids is 2. The number of hydrogen-bond donors (Lipinski definition) is 4. The van der Waals surface area contributed by atoms with Gasteiger partial charge in [0.2, 0.25) is 0 Å². The number of carbonyl (C=O) groups is 2. The summed E-state index contributed by atoms with van der Waals surface area (Å²) in [6.45, 7) is 7.14. The standard InChI is InChI=1S/2C11H19NO6/c2*1-11(2)17-9-8(15-3)7(16-10(9)18-11)5(12)4-6(13)14/h2*5,7-10H,4,12H2,1-3H3,(H,13,14)/t5-,7+,8-,9+,10+;5-,7-,8+,9-,10-/m01/s1. The van der Waals surface area contributed by atoms with Crippen LogP contribution in [-0.2, 0) is 47.5 Å². The molecule has 0 bridgehead atoms. The van der Waals surface area contributed by atoms with Crippen molar-refractivity contribution in [3.8, 4) is 0 Å². The number of nitrogens with two attached hydrogens (primary N) is 2. The Morgan fingerprint density at radius 2 is 1.08 bits per heavy atom. The van der Waals surface area contributed by atoms with Crippen LogP contribution in [0.5, 0.6) is 0 Å². The molecule has 0 unspecified atom stereocenters. The van der Waals surface area contributed by atoms with Gasteiger partial charge >= 0.3 is 11.9 Å². The van der Waals surface area contributed by atoms with Crippen molar-refractivity contribution in [1.82, 2.24) is 0 Å². The van der Waals surface area contributed by atoms with Gasteiger partial charge in [0, 0.05) is 26.3 Å². The van der Waals surface area contributed by atoms with Crippen LogP contribution in [0.15, 0.2) is 0 Å². The minimum Gasteiger partial charge on any atom is -0.481 e. The van der Waals surface area contributed by atoms with Gasteiger partial charge in [-0.1, -0.05) is 0 Å². The molecular formula is C22H38N2O12. The van der Waals surface area contributed by atoms with Crippen LogP contribution < -0.4 is 11.5 Å². The Balaban J connectivity index is 0.000000201. The number of methoxy groups -OCH3 is 2. The second kappa shape index (κ2) is 11.1. The van der Waals surface area contributed by atoms with Crippen molar-refractivity contribution in [1.29, 1.82) is 0 Å². The quantitative estimate of drug-likeness (QED) is 0.313. The maximum atomic E-state index is 10.7. The number of hydrogen-bond acceptors (Lipinski definition) is 12. The average molecular weight is 523 g/mol. The number of fused-ring (bicyclic) bond motifs is 2. The van der Waals surface area contributed by atoms with Crippen LogP contribution in [0.3, 0.4) is 0 Å². The summed E-state index contributed by atoms with van der Waals surface area (Å²) < 4.78 is 44.4. The molecule has 4 rings (SSSR count). The predicted octanol–water partition coefficient (Wildman–Crippen LogP) is -0.640. The first kappa shape index (κ1) is 29.1. The SMILES string of the molecule is CO[C@@H]1[C@H]2OC(C)(C)O[C@H]2O[C@@H]1[C@@H](N)CC(=O)O.CO[C@@H]1[C@H]2OC(C)(C)O[C@H]2O[C@@H]1[C@H](N)CC(=O)O. The molecule has 4 fully saturated rings. The molecule has 4 aliphatic heterocycles. The number of rotatable bonds is 8. The summed E-state index contributed by atoms with van der Waals surface area (Å²) in [6, 6.07) is -1.32. The van der Waals surface area contributed by atoms with Crippen molar-refractivity contribution in [2.75, 3.05) is 14.2 Å². The van der Waals surface area contributed by atoms with Gasteiger partial charge in [-0.15, -0.1) is 0 Å². The van der Waals surface area contributed by atoms with E-state index in [9.17, 15) is 9.59 Å². The highest BCUT2D eigenvalue weighted by atomic mass is 16.9. The van der Waals surface area contributed by atoms with Gasteiger partial charge in [-0.2, -0.15) is 0 Å². The third-order valence-electron chi connectivity index (χ3n) is 6.26.